The highest BCUT2D eigenvalue weighted by atomic mass is 16.5. The first-order chi connectivity index (χ1) is 11.3. The molecule has 0 aromatic heterocycles. The molecule has 0 spiro atoms. The lowest BCUT2D eigenvalue weighted by Crippen LogP contribution is -2.36. The van der Waals surface area contributed by atoms with Gasteiger partial charge in [0.25, 0.3) is 0 Å². The van der Waals surface area contributed by atoms with Gasteiger partial charge in [0.2, 0.25) is 0 Å². The molecule has 0 aliphatic carbocycles. The van der Waals surface area contributed by atoms with Gasteiger partial charge in [-0.05, 0) is 52.6 Å². The molecule has 1 aliphatic heterocycles. The van der Waals surface area contributed by atoms with Crippen LogP contribution in [0.3, 0.4) is 0 Å². The fourth-order valence-electron chi connectivity index (χ4n) is 3.35. The van der Waals surface area contributed by atoms with E-state index in [1.165, 1.54) is 33.2 Å². The SMILES string of the molecule is Cc1cc(N2CCOCC2)ccc1-c1ccc2ccccc2c1. The van der Waals surface area contributed by atoms with Gasteiger partial charge in [-0.3, -0.25) is 0 Å². The van der Waals surface area contributed by atoms with Crippen molar-refractivity contribution in [3.8, 4) is 11.1 Å². The topological polar surface area (TPSA) is 12.5 Å². The molecule has 0 N–H and O–H groups in total. The summed E-state index contributed by atoms with van der Waals surface area (Å²) in [5, 5.41) is 2.58. The van der Waals surface area contributed by atoms with Crippen molar-refractivity contribution in [3.63, 3.8) is 0 Å². The molecule has 2 nitrogen and oxygen atoms in total. The molecule has 0 radical (unpaired) electrons. The molecule has 1 fully saturated rings. The maximum Gasteiger partial charge on any atom is 0.0642 e. The molecular weight excluding hydrogens is 282 g/mol. The number of rotatable bonds is 2. The first-order valence-electron chi connectivity index (χ1n) is 8.24. The lowest BCUT2D eigenvalue weighted by molar-refractivity contribution is 0.122. The van der Waals surface area contributed by atoms with Crippen molar-refractivity contribution in [2.75, 3.05) is 31.2 Å². The first kappa shape index (κ1) is 14.3. The van der Waals surface area contributed by atoms with Gasteiger partial charge in [0.15, 0.2) is 0 Å². The van der Waals surface area contributed by atoms with E-state index in [9.17, 15) is 0 Å². The normalized spacial score (nSPS) is 15.1. The molecule has 23 heavy (non-hydrogen) atoms. The Bertz CT molecular complexity index is 834. The Kier molecular flexibility index (Phi) is 3.76. The van der Waals surface area contributed by atoms with E-state index in [2.05, 4.69) is 72.5 Å². The van der Waals surface area contributed by atoms with Crippen LogP contribution in [0.1, 0.15) is 5.56 Å². The molecule has 0 saturated carbocycles. The summed E-state index contributed by atoms with van der Waals surface area (Å²) in [7, 11) is 0. The maximum absolute atomic E-state index is 5.44. The number of fused-ring (bicyclic) bond motifs is 1. The summed E-state index contributed by atoms with van der Waals surface area (Å²) in [6.07, 6.45) is 0. The Balaban J connectivity index is 1.70. The van der Waals surface area contributed by atoms with Crippen molar-refractivity contribution in [1.29, 1.82) is 0 Å². The van der Waals surface area contributed by atoms with E-state index in [1.54, 1.807) is 0 Å². The molecule has 0 unspecified atom stereocenters. The van der Waals surface area contributed by atoms with Gasteiger partial charge in [-0.25, -0.2) is 0 Å². The van der Waals surface area contributed by atoms with E-state index in [4.69, 9.17) is 4.74 Å². The van der Waals surface area contributed by atoms with Crippen molar-refractivity contribution < 1.29 is 4.74 Å². The third-order valence-electron chi connectivity index (χ3n) is 4.65. The van der Waals surface area contributed by atoms with Crippen LogP contribution in [0.4, 0.5) is 5.69 Å². The highest BCUT2D eigenvalue weighted by Gasteiger charge is 2.12. The lowest BCUT2D eigenvalue weighted by Gasteiger charge is -2.29. The molecule has 1 saturated heterocycles. The van der Waals surface area contributed by atoms with Crippen LogP contribution in [0.25, 0.3) is 21.9 Å². The van der Waals surface area contributed by atoms with Gasteiger partial charge in [0.1, 0.15) is 0 Å². The van der Waals surface area contributed by atoms with Crippen LogP contribution in [0.2, 0.25) is 0 Å². The van der Waals surface area contributed by atoms with Gasteiger partial charge < -0.3 is 9.64 Å². The van der Waals surface area contributed by atoms with Gasteiger partial charge >= 0.3 is 0 Å². The highest BCUT2D eigenvalue weighted by Crippen LogP contribution is 2.30. The summed E-state index contributed by atoms with van der Waals surface area (Å²) in [5.41, 5.74) is 5.22. The molecule has 0 bridgehead atoms. The Hall–Kier alpha value is -2.32. The summed E-state index contributed by atoms with van der Waals surface area (Å²) < 4.78 is 5.44. The highest BCUT2D eigenvalue weighted by molar-refractivity contribution is 5.88. The number of hydrogen-bond acceptors (Lipinski definition) is 2. The number of morpholine rings is 1. The summed E-state index contributed by atoms with van der Waals surface area (Å²) >= 11 is 0. The Morgan fingerprint density at radius 2 is 1.61 bits per heavy atom. The maximum atomic E-state index is 5.44. The molecule has 0 atom stereocenters. The number of hydrogen-bond donors (Lipinski definition) is 0. The first-order valence-corrected chi connectivity index (χ1v) is 8.24. The zero-order valence-electron chi connectivity index (χ0n) is 13.5. The second kappa shape index (κ2) is 6.05. The number of ether oxygens (including phenoxy) is 1. The summed E-state index contributed by atoms with van der Waals surface area (Å²) in [6.45, 7) is 5.81. The molecular formula is C21H21NO. The minimum Gasteiger partial charge on any atom is -0.378 e. The number of benzene rings is 3. The van der Waals surface area contributed by atoms with Crippen LogP contribution < -0.4 is 4.90 Å². The molecule has 0 amide bonds. The van der Waals surface area contributed by atoms with Crippen LogP contribution >= 0.6 is 0 Å². The minimum atomic E-state index is 0.825. The summed E-state index contributed by atoms with van der Waals surface area (Å²) in [4.78, 5) is 2.40. The fraction of sp³-hybridized carbons (Fsp3) is 0.238. The monoisotopic (exact) mass is 303 g/mol. The average molecular weight is 303 g/mol. The molecule has 116 valence electrons. The van der Waals surface area contributed by atoms with E-state index >= 15 is 0 Å². The second-order valence-electron chi connectivity index (χ2n) is 6.16. The van der Waals surface area contributed by atoms with Crippen molar-refractivity contribution >= 4 is 16.5 Å². The molecule has 4 rings (SSSR count). The van der Waals surface area contributed by atoms with E-state index in [1.807, 2.05) is 0 Å². The number of nitrogens with zero attached hydrogens (tertiary/aromatic N) is 1. The fourth-order valence-corrected chi connectivity index (χ4v) is 3.35. The van der Waals surface area contributed by atoms with E-state index in [0.29, 0.717) is 0 Å². The van der Waals surface area contributed by atoms with Crippen LogP contribution in [-0.2, 0) is 4.74 Å². The standard InChI is InChI=1S/C21H21NO/c1-16-14-20(22-10-12-23-13-11-22)8-9-21(16)19-7-6-17-4-2-3-5-18(17)15-19/h2-9,14-15H,10-13H2,1H3. The van der Waals surface area contributed by atoms with Crippen molar-refractivity contribution in [2.24, 2.45) is 0 Å². The smallest absolute Gasteiger partial charge is 0.0642 e. The quantitative estimate of drug-likeness (QED) is 0.683. The van der Waals surface area contributed by atoms with Crippen LogP contribution in [0.15, 0.2) is 60.7 Å². The molecule has 3 aromatic rings. The van der Waals surface area contributed by atoms with Crippen molar-refractivity contribution in [1.82, 2.24) is 0 Å². The van der Waals surface area contributed by atoms with E-state index in [-0.39, 0.29) is 0 Å². The predicted molar refractivity (Wildman–Crippen MR) is 97.2 cm³/mol. The minimum absolute atomic E-state index is 0.825. The van der Waals surface area contributed by atoms with E-state index in [0.717, 1.165) is 26.3 Å². The Morgan fingerprint density at radius 1 is 0.826 bits per heavy atom. The third kappa shape index (κ3) is 2.82. The second-order valence-corrected chi connectivity index (χ2v) is 6.16. The summed E-state index contributed by atoms with van der Waals surface area (Å²) in [5.74, 6) is 0. The van der Waals surface area contributed by atoms with Crippen molar-refractivity contribution in [2.45, 2.75) is 6.92 Å². The number of anilines is 1. The van der Waals surface area contributed by atoms with Crippen LogP contribution in [0, 0.1) is 6.92 Å². The van der Waals surface area contributed by atoms with Crippen molar-refractivity contribution in [3.05, 3.63) is 66.2 Å². The van der Waals surface area contributed by atoms with Crippen LogP contribution in [0.5, 0.6) is 0 Å². The largest absolute Gasteiger partial charge is 0.378 e. The number of aryl methyl sites for hydroxylation is 1. The lowest BCUT2D eigenvalue weighted by atomic mass is 9.97. The molecule has 2 heteroatoms. The molecule has 1 aliphatic rings. The molecule has 3 aromatic carbocycles. The molecule has 1 heterocycles. The van der Waals surface area contributed by atoms with Crippen LogP contribution in [-0.4, -0.2) is 26.3 Å². The van der Waals surface area contributed by atoms with Gasteiger partial charge in [0, 0.05) is 18.8 Å². The van der Waals surface area contributed by atoms with E-state index < -0.39 is 0 Å². The van der Waals surface area contributed by atoms with Gasteiger partial charge in [0.05, 0.1) is 13.2 Å². The third-order valence-corrected chi connectivity index (χ3v) is 4.65. The Labute approximate surface area is 137 Å². The van der Waals surface area contributed by atoms with Gasteiger partial charge in [-0.15, -0.1) is 0 Å². The zero-order valence-corrected chi connectivity index (χ0v) is 13.5. The Morgan fingerprint density at radius 3 is 2.39 bits per heavy atom. The average Bonchev–Trinajstić information content (AvgIpc) is 2.62. The van der Waals surface area contributed by atoms with Gasteiger partial charge in [-0.2, -0.15) is 0 Å². The zero-order chi connectivity index (χ0) is 15.6. The van der Waals surface area contributed by atoms with Gasteiger partial charge in [-0.1, -0.05) is 42.5 Å². The summed E-state index contributed by atoms with van der Waals surface area (Å²) in [6, 6.07) is 22.0. The predicted octanol–water partition coefficient (Wildman–Crippen LogP) is 4.65.